The molecule has 1 atom stereocenters. The summed E-state index contributed by atoms with van der Waals surface area (Å²) in [5, 5.41) is 13.4. The van der Waals surface area contributed by atoms with E-state index in [2.05, 4.69) is 19.9 Å². The number of carbonyl (C=O) groups excluding carboxylic acids is 2. The normalized spacial score (nSPS) is 12.2. The van der Waals surface area contributed by atoms with Gasteiger partial charge in [0.1, 0.15) is 11.9 Å². The number of nitrogens with zero attached hydrogens (tertiary/aromatic N) is 1. The second-order valence-corrected chi connectivity index (χ2v) is 8.58. The van der Waals surface area contributed by atoms with Gasteiger partial charge in [-0.25, -0.2) is 8.42 Å². The van der Waals surface area contributed by atoms with Crippen molar-refractivity contribution in [2.75, 3.05) is 20.3 Å². The first-order chi connectivity index (χ1) is 15.6. The smallest absolute Gasteiger partial charge is 0.325 e. The highest BCUT2D eigenvalue weighted by atomic mass is 32.2. The quantitative estimate of drug-likeness (QED) is 0.156. The number of oxime groups is 1. The third kappa shape index (κ3) is 8.01. The molecule has 0 fully saturated rings. The van der Waals surface area contributed by atoms with E-state index in [9.17, 15) is 18.0 Å². The summed E-state index contributed by atoms with van der Waals surface area (Å²) in [6, 6.07) is 11.4. The Labute approximate surface area is 191 Å². The molecular weight excluding hydrogens is 450 g/mol. The lowest BCUT2D eigenvalue weighted by atomic mass is 10.1. The van der Waals surface area contributed by atoms with E-state index in [-0.39, 0.29) is 17.3 Å². The molecule has 0 saturated carbocycles. The minimum absolute atomic E-state index is 0.0169. The largest absolute Gasteiger partial charge is 0.468 e. The number of rotatable bonds is 11. The number of nitrogen functional groups attached to an aromatic ring is 1. The molecule has 0 spiro atoms. The van der Waals surface area contributed by atoms with Crippen LogP contribution in [0.3, 0.4) is 0 Å². The molecule has 0 aromatic heterocycles. The molecule has 176 valence electrons. The van der Waals surface area contributed by atoms with Gasteiger partial charge in [0.25, 0.3) is 5.91 Å². The van der Waals surface area contributed by atoms with Crippen LogP contribution in [0.5, 0.6) is 0 Å². The lowest BCUT2D eigenvalue weighted by molar-refractivity contribution is -0.142. The average Bonchev–Trinajstić information content (AvgIpc) is 2.79. The first kappa shape index (κ1) is 25.5. The molecular formula is C21H25N5O6S. The van der Waals surface area contributed by atoms with Crippen LogP contribution in [0.4, 0.5) is 0 Å². The van der Waals surface area contributed by atoms with Gasteiger partial charge < -0.3 is 20.6 Å². The van der Waals surface area contributed by atoms with Gasteiger partial charge in [0.15, 0.2) is 6.61 Å². The zero-order valence-corrected chi connectivity index (χ0v) is 18.9. The molecule has 11 nitrogen and oxygen atoms in total. The van der Waals surface area contributed by atoms with Crippen LogP contribution in [0.15, 0.2) is 58.6 Å². The predicted octanol–water partition coefficient (Wildman–Crippen LogP) is 0.266. The van der Waals surface area contributed by atoms with Crippen molar-refractivity contribution < 1.29 is 27.6 Å². The first-order valence-electron chi connectivity index (χ1n) is 9.65. The van der Waals surface area contributed by atoms with E-state index < -0.39 is 34.5 Å². The van der Waals surface area contributed by atoms with Crippen LogP contribution in [0.1, 0.15) is 16.7 Å². The fourth-order valence-electron chi connectivity index (χ4n) is 2.56. The number of carbonyl (C=O) groups is 2. The Bertz CT molecular complexity index is 1130. The number of methoxy groups -OCH3 is 1. The van der Waals surface area contributed by atoms with Crippen molar-refractivity contribution in [1.29, 1.82) is 5.41 Å². The molecule has 0 aliphatic carbocycles. The van der Waals surface area contributed by atoms with Crippen LogP contribution >= 0.6 is 0 Å². The summed E-state index contributed by atoms with van der Waals surface area (Å²) in [6.45, 7) is 0.928. The molecule has 2 aromatic carbocycles. The highest BCUT2D eigenvalue weighted by Gasteiger charge is 2.27. The lowest BCUT2D eigenvalue weighted by Gasteiger charge is -2.17. The number of hydrogen-bond acceptors (Lipinski definition) is 8. The van der Waals surface area contributed by atoms with Gasteiger partial charge in [-0.1, -0.05) is 41.6 Å². The summed E-state index contributed by atoms with van der Waals surface area (Å²) >= 11 is 0. The van der Waals surface area contributed by atoms with Crippen molar-refractivity contribution in [3.05, 3.63) is 65.2 Å². The number of ether oxygens (including phenoxy) is 1. The number of esters is 1. The Hall–Kier alpha value is -3.77. The van der Waals surface area contributed by atoms with E-state index in [0.29, 0.717) is 11.1 Å². The van der Waals surface area contributed by atoms with Crippen LogP contribution in [0.25, 0.3) is 0 Å². The van der Waals surface area contributed by atoms with E-state index >= 15 is 0 Å². The Kier molecular flexibility index (Phi) is 9.07. The van der Waals surface area contributed by atoms with Gasteiger partial charge in [0.05, 0.1) is 18.2 Å². The molecule has 5 N–H and O–H groups in total. The molecule has 33 heavy (non-hydrogen) atoms. The molecule has 12 heteroatoms. The monoisotopic (exact) mass is 475 g/mol. The fraction of sp³-hybridized carbons (Fsp3) is 0.238. The van der Waals surface area contributed by atoms with Crippen LogP contribution < -0.4 is 15.8 Å². The highest BCUT2D eigenvalue weighted by Crippen LogP contribution is 2.11. The van der Waals surface area contributed by atoms with Crippen molar-refractivity contribution in [3.63, 3.8) is 0 Å². The van der Waals surface area contributed by atoms with Gasteiger partial charge in [0.2, 0.25) is 10.0 Å². The number of amides is 1. The van der Waals surface area contributed by atoms with Crippen molar-refractivity contribution in [2.24, 2.45) is 10.9 Å². The molecule has 0 aliphatic heterocycles. The number of nitrogens with one attached hydrogen (secondary N) is 3. The lowest BCUT2D eigenvalue weighted by Crippen LogP contribution is -2.49. The zero-order valence-electron chi connectivity index (χ0n) is 18.1. The summed E-state index contributed by atoms with van der Waals surface area (Å²) in [6.07, 6.45) is 1.37. The van der Waals surface area contributed by atoms with E-state index in [1.165, 1.54) is 18.3 Å². The summed E-state index contributed by atoms with van der Waals surface area (Å²) in [5.41, 5.74) is 7.33. The summed E-state index contributed by atoms with van der Waals surface area (Å²) < 4.78 is 32.0. The van der Waals surface area contributed by atoms with Gasteiger partial charge in [-0.15, -0.1) is 0 Å². The zero-order chi connectivity index (χ0) is 24.4. The van der Waals surface area contributed by atoms with Gasteiger partial charge in [0, 0.05) is 12.1 Å². The number of hydrogen-bond donors (Lipinski definition) is 4. The Morgan fingerprint density at radius 2 is 1.91 bits per heavy atom. The van der Waals surface area contributed by atoms with E-state index in [0.717, 1.165) is 12.7 Å². The maximum atomic E-state index is 12.6. The summed E-state index contributed by atoms with van der Waals surface area (Å²) in [4.78, 5) is 28.9. The third-order valence-corrected chi connectivity index (χ3v) is 5.75. The van der Waals surface area contributed by atoms with Crippen molar-refractivity contribution in [2.45, 2.75) is 17.9 Å². The Morgan fingerprint density at radius 3 is 2.52 bits per heavy atom. The van der Waals surface area contributed by atoms with Crippen molar-refractivity contribution >= 4 is 33.9 Å². The predicted molar refractivity (Wildman–Crippen MR) is 121 cm³/mol. The number of amidine groups is 1. The second kappa shape index (κ2) is 11.7. The first-order valence-corrected chi connectivity index (χ1v) is 11.1. The average molecular weight is 476 g/mol. The van der Waals surface area contributed by atoms with Crippen molar-refractivity contribution in [1.82, 2.24) is 10.0 Å². The fourth-order valence-corrected chi connectivity index (χ4v) is 3.85. The third-order valence-electron chi connectivity index (χ3n) is 4.28. The molecule has 0 aliphatic rings. The van der Waals surface area contributed by atoms with Crippen LogP contribution in [-0.4, -0.2) is 58.6 Å². The Morgan fingerprint density at radius 1 is 1.21 bits per heavy atom. The van der Waals surface area contributed by atoms with E-state index in [1.54, 1.807) is 43.3 Å². The molecule has 0 saturated heterocycles. The standard InChI is InChI=1S/C21H25N5O6S/c1-14-4-3-5-17(10-14)33(29,30)26-18(21(28)31-2)12-24-19(27)13-32-25-11-15-6-8-16(9-7-15)20(22)23/h3-11,18,26H,12-13H2,1-2H3,(H3,22,23)(H,24,27)/b25-11+. The number of sulfonamides is 1. The van der Waals surface area contributed by atoms with Crippen LogP contribution in [0, 0.1) is 12.3 Å². The second-order valence-electron chi connectivity index (χ2n) is 6.86. The maximum absolute atomic E-state index is 12.6. The van der Waals surface area contributed by atoms with Gasteiger partial charge in [-0.05, 0) is 30.2 Å². The number of benzene rings is 2. The maximum Gasteiger partial charge on any atom is 0.325 e. The van der Waals surface area contributed by atoms with Gasteiger partial charge in [-0.3, -0.25) is 15.0 Å². The van der Waals surface area contributed by atoms with E-state index in [1.807, 2.05) is 0 Å². The Balaban J connectivity index is 1.89. The van der Waals surface area contributed by atoms with Crippen LogP contribution in [-0.2, 0) is 29.2 Å². The molecule has 1 unspecified atom stereocenters. The topological polar surface area (TPSA) is 173 Å². The number of nitrogens with two attached hydrogens (primary N) is 1. The van der Waals surface area contributed by atoms with Crippen molar-refractivity contribution in [3.8, 4) is 0 Å². The molecule has 2 aromatic rings. The van der Waals surface area contributed by atoms with Crippen LogP contribution in [0.2, 0.25) is 0 Å². The molecule has 1 amide bonds. The van der Waals surface area contributed by atoms with Gasteiger partial charge in [-0.2, -0.15) is 4.72 Å². The van der Waals surface area contributed by atoms with E-state index in [4.69, 9.17) is 16.0 Å². The minimum atomic E-state index is -4.02. The number of aryl methyl sites for hydroxylation is 1. The minimum Gasteiger partial charge on any atom is -0.468 e. The summed E-state index contributed by atoms with van der Waals surface area (Å²) in [7, 11) is -2.91. The molecule has 2 rings (SSSR count). The SMILES string of the molecule is COC(=O)C(CNC(=O)CO/N=C/c1ccc(C(=N)N)cc1)NS(=O)(=O)c1cccc(C)c1. The summed E-state index contributed by atoms with van der Waals surface area (Å²) in [5.74, 6) is -1.54. The van der Waals surface area contributed by atoms with Gasteiger partial charge >= 0.3 is 5.97 Å². The highest BCUT2D eigenvalue weighted by molar-refractivity contribution is 7.89. The molecule has 0 heterocycles. The molecule has 0 bridgehead atoms. The molecule has 0 radical (unpaired) electrons.